The fourth-order valence-electron chi connectivity index (χ4n) is 3.94. The lowest BCUT2D eigenvalue weighted by Crippen LogP contribution is -2.47. The maximum Gasteiger partial charge on any atom is 0.240 e. The van der Waals surface area contributed by atoms with Gasteiger partial charge in [0.1, 0.15) is 0 Å². The van der Waals surface area contributed by atoms with Crippen molar-refractivity contribution >= 4 is 34.7 Å². The molecule has 4 rings (SSSR count). The van der Waals surface area contributed by atoms with Crippen LogP contribution in [-0.4, -0.2) is 39.5 Å². The van der Waals surface area contributed by atoms with Crippen LogP contribution < -0.4 is 5.73 Å². The van der Waals surface area contributed by atoms with Crippen molar-refractivity contribution < 1.29 is 4.79 Å². The van der Waals surface area contributed by atoms with Gasteiger partial charge in [-0.25, -0.2) is 4.98 Å². The van der Waals surface area contributed by atoms with E-state index in [4.69, 9.17) is 5.73 Å². The number of halogens is 1. The standard InChI is InChI=1S/C23H23N5O.ClH/c1-27-15-26-13-18(27)11-22(25)23(29)28-10-9-17(12-24)21(14-28)20-8-4-6-16-5-2-3-7-19(16)20;/h2-8,13,15,22H,9-11,14,25H2,1H3;1H/t22-;/m1./s1. The molecule has 3 aromatic rings. The first kappa shape index (κ1) is 21.6. The molecule has 1 aliphatic rings. The second-order valence-corrected chi connectivity index (χ2v) is 7.41. The molecule has 0 radical (unpaired) electrons. The van der Waals surface area contributed by atoms with E-state index in [1.165, 1.54) is 0 Å². The summed E-state index contributed by atoms with van der Waals surface area (Å²) >= 11 is 0. The molecule has 0 aliphatic carbocycles. The van der Waals surface area contributed by atoms with Crippen LogP contribution in [-0.2, 0) is 18.3 Å². The predicted octanol–water partition coefficient (Wildman–Crippen LogP) is 3.07. The highest BCUT2D eigenvalue weighted by Crippen LogP contribution is 2.31. The number of amides is 1. The van der Waals surface area contributed by atoms with Crippen LogP contribution in [0.25, 0.3) is 16.3 Å². The lowest BCUT2D eigenvalue weighted by Gasteiger charge is -2.31. The molecular weight excluding hydrogens is 398 g/mol. The molecule has 0 saturated heterocycles. The number of benzene rings is 2. The summed E-state index contributed by atoms with van der Waals surface area (Å²) in [6.45, 7) is 0.907. The highest BCUT2D eigenvalue weighted by atomic mass is 35.5. The monoisotopic (exact) mass is 421 g/mol. The first-order valence-corrected chi connectivity index (χ1v) is 9.68. The van der Waals surface area contributed by atoms with Crippen molar-refractivity contribution in [2.45, 2.75) is 18.9 Å². The number of nitrogens with zero attached hydrogens (tertiary/aromatic N) is 4. The van der Waals surface area contributed by atoms with Crippen molar-refractivity contribution in [1.82, 2.24) is 14.5 Å². The Kier molecular flexibility index (Phi) is 6.56. The molecule has 1 aromatic heterocycles. The number of nitrogens with two attached hydrogens (primary N) is 1. The van der Waals surface area contributed by atoms with Gasteiger partial charge in [0.25, 0.3) is 0 Å². The molecular formula is C23H24ClN5O. The van der Waals surface area contributed by atoms with Gasteiger partial charge in [-0.1, -0.05) is 42.5 Å². The van der Waals surface area contributed by atoms with Crippen LogP contribution in [0.5, 0.6) is 0 Å². The molecule has 2 aromatic carbocycles. The van der Waals surface area contributed by atoms with Gasteiger partial charge in [-0.15, -0.1) is 12.4 Å². The summed E-state index contributed by atoms with van der Waals surface area (Å²) in [6.07, 6.45) is 4.41. The first-order chi connectivity index (χ1) is 14.1. The average molecular weight is 422 g/mol. The predicted molar refractivity (Wildman–Crippen MR) is 120 cm³/mol. The Morgan fingerprint density at radius 2 is 2.03 bits per heavy atom. The number of imidazole rings is 1. The first-order valence-electron chi connectivity index (χ1n) is 9.68. The molecule has 30 heavy (non-hydrogen) atoms. The van der Waals surface area contributed by atoms with Crippen molar-refractivity contribution in [3.8, 4) is 6.07 Å². The fraction of sp³-hybridized carbons (Fsp3) is 0.261. The van der Waals surface area contributed by atoms with Gasteiger partial charge in [0, 0.05) is 50.4 Å². The van der Waals surface area contributed by atoms with Crippen LogP contribution in [0, 0.1) is 11.3 Å². The van der Waals surface area contributed by atoms with E-state index in [1.54, 1.807) is 17.4 Å². The zero-order valence-corrected chi connectivity index (χ0v) is 17.6. The van der Waals surface area contributed by atoms with E-state index in [2.05, 4.69) is 29.3 Å². The lowest BCUT2D eigenvalue weighted by atomic mass is 9.90. The molecule has 2 N–H and O–H groups in total. The Morgan fingerprint density at radius 3 is 2.77 bits per heavy atom. The molecule has 0 bridgehead atoms. The van der Waals surface area contributed by atoms with Gasteiger partial charge >= 0.3 is 0 Å². The number of aromatic nitrogens is 2. The summed E-state index contributed by atoms with van der Waals surface area (Å²) < 4.78 is 1.87. The van der Waals surface area contributed by atoms with E-state index in [-0.39, 0.29) is 18.3 Å². The minimum atomic E-state index is -0.636. The largest absolute Gasteiger partial charge is 0.338 e. The summed E-state index contributed by atoms with van der Waals surface area (Å²) in [5, 5.41) is 11.9. The number of carbonyl (C=O) groups excluding carboxylic acids is 1. The van der Waals surface area contributed by atoms with E-state index in [0.717, 1.165) is 33.2 Å². The number of aryl methyl sites for hydroxylation is 1. The molecule has 1 atom stereocenters. The second kappa shape index (κ2) is 9.12. The van der Waals surface area contributed by atoms with Crippen molar-refractivity contribution in [1.29, 1.82) is 5.26 Å². The van der Waals surface area contributed by atoms with Crippen LogP contribution in [0.2, 0.25) is 0 Å². The molecule has 7 heteroatoms. The molecule has 6 nitrogen and oxygen atoms in total. The summed E-state index contributed by atoms with van der Waals surface area (Å²) in [7, 11) is 1.89. The van der Waals surface area contributed by atoms with Crippen molar-refractivity contribution in [3.05, 3.63) is 71.8 Å². The van der Waals surface area contributed by atoms with E-state index < -0.39 is 6.04 Å². The van der Waals surface area contributed by atoms with Crippen molar-refractivity contribution in [3.63, 3.8) is 0 Å². The Hall–Kier alpha value is -3.14. The van der Waals surface area contributed by atoms with Crippen LogP contribution >= 0.6 is 12.4 Å². The Bertz CT molecular complexity index is 1140. The fourth-order valence-corrected chi connectivity index (χ4v) is 3.94. The SMILES string of the molecule is Cl.Cn1cncc1C[C@@H](N)C(=O)N1CCC(C#N)=C(c2cccc3ccccc23)C1. The number of carbonyl (C=O) groups is 1. The summed E-state index contributed by atoms with van der Waals surface area (Å²) in [5.74, 6) is -0.0964. The highest BCUT2D eigenvalue weighted by Gasteiger charge is 2.28. The molecule has 0 fully saturated rings. The van der Waals surface area contributed by atoms with Gasteiger partial charge in [-0.3, -0.25) is 4.79 Å². The maximum atomic E-state index is 13.0. The van der Waals surface area contributed by atoms with E-state index >= 15 is 0 Å². The summed E-state index contributed by atoms with van der Waals surface area (Å²) in [4.78, 5) is 18.9. The van der Waals surface area contributed by atoms with Gasteiger partial charge in [-0.05, 0) is 21.9 Å². The summed E-state index contributed by atoms with van der Waals surface area (Å²) in [6, 6.07) is 15.9. The summed E-state index contributed by atoms with van der Waals surface area (Å²) in [5.41, 5.74) is 9.82. The third-order valence-corrected chi connectivity index (χ3v) is 5.57. The van der Waals surface area contributed by atoms with Crippen molar-refractivity contribution in [2.75, 3.05) is 13.1 Å². The highest BCUT2D eigenvalue weighted by molar-refractivity contribution is 5.96. The van der Waals surface area contributed by atoms with Gasteiger partial charge in [0.15, 0.2) is 0 Å². The molecule has 0 unspecified atom stereocenters. The van der Waals surface area contributed by atoms with Crippen molar-refractivity contribution in [2.24, 2.45) is 12.8 Å². The Balaban J connectivity index is 0.00000256. The number of hydrogen-bond donors (Lipinski definition) is 1. The Morgan fingerprint density at radius 1 is 1.27 bits per heavy atom. The number of fused-ring (bicyclic) bond motifs is 1. The second-order valence-electron chi connectivity index (χ2n) is 7.41. The number of nitriles is 1. The molecule has 1 aliphatic heterocycles. The lowest BCUT2D eigenvalue weighted by molar-refractivity contribution is -0.132. The number of hydrogen-bond acceptors (Lipinski definition) is 4. The molecule has 1 amide bonds. The van der Waals surface area contributed by atoms with Gasteiger partial charge in [0.2, 0.25) is 5.91 Å². The van der Waals surface area contributed by atoms with Gasteiger partial charge in [-0.2, -0.15) is 5.26 Å². The van der Waals surface area contributed by atoms with Crippen LogP contribution in [0.3, 0.4) is 0 Å². The number of rotatable bonds is 4. The zero-order chi connectivity index (χ0) is 20.4. The Labute approximate surface area is 182 Å². The third-order valence-electron chi connectivity index (χ3n) is 5.57. The zero-order valence-electron chi connectivity index (χ0n) is 16.8. The quantitative estimate of drug-likeness (QED) is 0.701. The van der Waals surface area contributed by atoms with Gasteiger partial charge in [0.05, 0.1) is 18.4 Å². The normalized spacial score (nSPS) is 14.9. The molecule has 2 heterocycles. The van der Waals surface area contributed by atoms with Crippen LogP contribution in [0.1, 0.15) is 17.7 Å². The molecule has 0 spiro atoms. The average Bonchev–Trinajstić information content (AvgIpc) is 3.16. The van der Waals surface area contributed by atoms with E-state index in [0.29, 0.717) is 25.9 Å². The van der Waals surface area contributed by atoms with E-state index in [9.17, 15) is 10.1 Å². The van der Waals surface area contributed by atoms with Crippen LogP contribution in [0.15, 0.2) is 60.6 Å². The topological polar surface area (TPSA) is 87.9 Å². The molecule has 0 saturated carbocycles. The van der Waals surface area contributed by atoms with E-state index in [1.807, 2.05) is 35.9 Å². The molecule has 154 valence electrons. The minimum absolute atomic E-state index is 0. The third kappa shape index (κ3) is 4.09. The van der Waals surface area contributed by atoms with Gasteiger partial charge < -0.3 is 15.2 Å². The maximum absolute atomic E-state index is 13.0. The smallest absolute Gasteiger partial charge is 0.240 e. The minimum Gasteiger partial charge on any atom is -0.338 e. The van der Waals surface area contributed by atoms with Crippen LogP contribution in [0.4, 0.5) is 0 Å².